The number of methoxy groups -OCH3 is 1. The van der Waals surface area contributed by atoms with Gasteiger partial charge in [0.1, 0.15) is 5.75 Å². The monoisotopic (exact) mass is 201 g/mol. The number of benzene rings is 1. The van der Waals surface area contributed by atoms with Gasteiger partial charge in [0.05, 0.1) is 19.8 Å². The molecule has 72 valence electrons. The highest BCUT2D eigenvalue weighted by atomic mass is 35.5. The van der Waals surface area contributed by atoms with Crippen molar-refractivity contribution in [1.29, 1.82) is 0 Å². The Hall–Kier alpha value is -0.770. The molecule has 0 amide bonds. The fourth-order valence-electron chi connectivity index (χ4n) is 1.03. The second-order valence-corrected chi connectivity index (χ2v) is 3.08. The molecule has 0 spiro atoms. The van der Waals surface area contributed by atoms with E-state index in [1.807, 2.05) is 0 Å². The zero-order valence-corrected chi connectivity index (χ0v) is 8.08. The number of aliphatic hydroxyl groups excluding tert-OH is 1. The van der Waals surface area contributed by atoms with Gasteiger partial charge in [-0.25, -0.2) is 0 Å². The Bertz CT molecular complexity index is 291. The van der Waals surface area contributed by atoms with Gasteiger partial charge in [-0.15, -0.1) is 0 Å². The Morgan fingerprint density at radius 3 is 2.85 bits per heavy atom. The molecule has 1 aromatic rings. The molecule has 0 saturated carbocycles. The molecule has 0 unspecified atom stereocenters. The number of rotatable bonds is 3. The van der Waals surface area contributed by atoms with E-state index in [0.29, 0.717) is 16.3 Å². The Kier molecular flexibility index (Phi) is 3.54. The van der Waals surface area contributed by atoms with Crippen molar-refractivity contribution in [3.8, 4) is 5.75 Å². The highest BCUT2D eigenvalue weighted by Gasteiger charge is 2.09. The molecule has 1 rings (SSSR count). The maximum absolute atomic E-state index is 8.85. The number of hydrogen-bond acceptors (Lipinski definition) is 3. The molecule has 0 aliphatic rings. The first-order valence-corrected chi connectivity index (χ1v) is 4.26. The minimum atomic E-state index is -0.456. The number of halogens is 1. The van der Waals surface area contributed by atoms with Crippen LogP contribution in [-0.4, -0.2) is 18.8 Å². The number of nitrogens with two attached hydrogens (primary N) is 1. The zero-order valence-electron chi connectivity index (χ0n) is 7.33. The first kappa shape index (κ1) is 10.3. The van der Waals surface area contributed by atoms with E-state index in [1.54, 1.807) is 25.3 Å². The van der Waals surface area contributed by atoms with Crippen LogP contribution in [0.25, 0.3) is 0 Å². The van der Waals surface area contributed by atoms with Gasteiger partial charge in [-0.3, -0.25) is 0 Å². The van der Waals surface area contributed by atoms with Crippen LogP contribution in [0.3, 0.4) is 0 Å². The van der Waals surface area contributed by atoms with Gasteiger partial charge in [0.15, 0.2) is 0 Å². The second-order valence-electron chi connectivity index (χ2n) is 2.68. The third kappa shape index (κ3) is 2.34. The van der Waals surface area contributed by atoms with Gasteiger partial charge in [0.2, 0.25) is 0 Å². The fraction of sp³-hybridized carbons (Fsp3) is 0.333. The molecule has 0 aromatic heterocycles. The minimum absolute atomic E-state index is 0.132. The van der Waals surface area contributed by atoms with E-state index in [-0.39, 0.29) is 6.61 Å². The van der Waals surface area contributed by atoms with Crippen LogP contribution in [0.4, 0.5) is 0 Å². The van der Waals surface area contributed by atoms with Crippen LogP contribution in [0.2, 0.25) is 5.02 Å². The Balaban J connectivity index is 3.03. The van der Waals surface area contributed by atoms with E-state index < -0.39 is 6.04 Å². The van der Waals surface area contributed by atoms with E-state index in [9.17, 15) is 0 Å². The van der Waals surface area contributed by atoms with Gasteiger partial charge in [0, 0.05) is 5.02 Å². The number of hydrogen-bond donors (Lipinski definition) is 2. The summed E-state index contributed by atoms with van der Waals surface area (Å²) in [4.78, 5) is 0. The fourth-order valence-corrected chi connectivity index (χ4v) is 1.29. The molecule has 3 nitrogen and oxygen atoms in total. The maximum atomic E-state index is 8.85. The topological polar surface area (TPSA) is 55.5 Å². The molecular formula is C9H12ClNO2. The van der Waals surface area contributed by atoms with E-state index in [0.717, 1.165) is 0 Å². The normalized spacial score (nSPS) is 12.6. The molecule has 1 atom stereocenters. The summed E-state index contributed by atoms with van der Waals surface area (Å²) >= 11 is 5.88. The molecule has 1 aromatic carbocycles. The molecule has 0 radical (unpaired) electrons. The van der Waals surface area contributed by atoms with Crippen molar-refractivity contribution in [2.45, 2.75) is 6.04 Å². The average molecular weight is 202 g/mol. The summed E-state index contributed by atoms with van der Waals surface area (Å²) in [6, 6.07) is 4.72. The molecule has 0 saturated heterocycles. The molecule has 0 fully saturated rings. The summed E-state index contributed by atoms with van der Waals surface area (Å²) in [5.41, 5.74) is 6.33. The lowest BCUT2D eigenvalue weighted by Gasteiger charge is -2.11. The van der Waals surface area contributed by atoms with Crippen molar-refractivity contribution in [3.63, 3.8) is 0 Å². The Labute approximate surface area is 82.1 Å². The molecule has 0 aliphatic heterocycles. The molecule has 0 bridgehead atoms. The standard InChI is InChI=1S/C9H12ClNO2/c1-13-6-2-3-8(10)7(4-6)9(11)5-12/h2-4,9,12H,5,11H2,1H3/t9-/m0/s1. The van der Waals surface area contributed by atoms with Crippen molar-refractivity contribution < 1.29 is 9.84 Å². The van der Waals surface area contributed by atoms with Gasteiger partial charge in [-0.1, -0.05) is 11.6 Å². The predicted octanol–water partition coefficient (Wildman–Crippen LogP) is 1.34. The zero-order chi connectivity index (χ0) is 9.84. The third-order valence-electron chi connectivity index (χ3n) is 1.80. The Morgan fingerprint density at radius 2 is 2.31 bits per heavy atom. The van der Waals surface area contributed by atoms with E-state index in [4.69, 9.17) is 27.2 Å². The first-order chi connectivity index (χ1) is 6.19. The second kappa shape index (κ2) is 4.46. The van der Waals surface area contributed by atoms with Crippen LogP contribution in [0.15, 0.2) is 18.2 Å². The van der Waals surface area contributed by atoms with Crippen LogP contribution in [-0.2, 0) is 0 Å². The summed E-state index contributed by atoms with van der Waals surface area (Å²) in [5, 5.41) is 9.40. The smallest absolute Gasteiger partial charge is 0.119 e. The molecular weight excluding hydrogens is 190 g/mol. The summed E-state index contributed by atoms with van der Waals surface area (Å²) < 4.78 is 5.01. The summed E-state index contributed by atoms with van der Waals surface area (Å²) in [5.74, 6) is 0.684. The summed E-state index contributed by atoms with van der Waals surface area (Å²) in [6.07, 6.45) is 0. The van der Waals surface area contributed by atoms with Gasteiger partial charge in [-0.05, 0) is 23.8 Å². The van der Waals surface area contributed by atoms with Crippen LogP contribution < -0.4 is 10.5 Å². The third-order valence-corrected chi connectivity index (χ3v) is 2.14. The SMILES string of the molecule is COc1ccc(Cl)c([C@@H](N)CO)c1. The van der Waals surface area contributed by atoms with Crippen molar-refractivity contribution >= 4 is 11.6 Å². The quantitative estimate of drug-likeness (QED) is 0.776. The van der Waals surface area contributed by atoms with Gasteiger partial charge in [0.25, 0.3) is 0 Å². The van der Waals surface area contributed by atoms with Gasteiger partial charge >= 0.3 is 0 Å². The molecule has 0 aliphatic carbocycles. The van der Waals surface area contributed by atoms with E-state index in [1.165, 1.54) is 0 Å². The van der Waals surface area contributed by atoms with Gasteiger partial charge in [-0.2, -0.15) is 0 Å². The Morgan fingerprint density at radius 1 is 1.62 bits per heavy atom. The summed E-state index contributed by atoms with van der Waals surface area (Å²) in [6.45, 7) is -0.132. The maximum Gasteiger partial charge on any atom is 0.119 e. The van der Waals surface area contributed by atoms with Crippen LogP contribution in [0, 0.1) is 0 Å². The van der Waals surface area contributed by atoms with Crippen molar-refractivity contribution in [2.75, 3.05) is 13.7 Å². The summed E-state index contributed by atoms with van der Waals surface area (Å²) in [7, 11) is 1.57. The van der Waals surface area contributed by atoms with E-state index in [2.05, 4.69) is 0 Å². The van der Waals surface area contributed by atoms with Crippen LogP contribution >= 0.6 is 11.6 Å². The average Bonchev–Trinajstić information content (AvgIpc) is 2.17. The van der Waals surface area contributed by atoms with Crippen molar-refractivity contribution in [1.82, 2.24) is 0 Å². The van der Waals surface area contributed by atoms with E-state index >= 15 is 0 Å². The predicted molar refractivity (Wildman–Crippen MR) is 52.0 cm³/mol. The first-order valence-electron chi connectivity index (χ1n) is 3.89. The lowest BCUT2D eigenvalue weighted by Crippen LogP contribution is -2.14. The highest BCUT2D eigenvalue weighted by Crippen LogP contribution is 2.25. The molecule has 3 N–H and O–H groups in total. The molecule has 0 heterocycles. The van der Waals surface area contributed by atoms with Gasteiger partial charge < -0.3 is 15.6 Å². The highest BCUT2D eigenvalue weighted by molar-refractivity contribution is 6.31. The van der Waals surface area contributed by atoms with Crippen molar-refractivity contribution in [2.24, 2.45) is 5.73 Å². The minimum Gasteiger partial charge on any atom is -0.497 e. The molecule has 13 heavy (non-hydrogen) atoms. The number of ether oxygens (including phenoxy) is 1. The largest absolute Gasteiger partial charge is 0.497 e. The number of aliphatic hydroxyl groups is 1. The van der Waals surface area contributed by atoms with Crippen molar-refractivity contribution in [3.05, 3.63) is 28.8 Å². The lowest BCUT2D eigenvalue weighted by molar-refractivity contribution is 0.267. The lowest BCUT2D eigenvalue weighted by atomic mass is 10.1. The molecule has 4 heteroatoms. The van der Waals surface area contributed by atoms with Crippen LogP contribution in [0.1, 0.15) is 11.6 Å². The van der Waals surface area contributed by atoms with Crippen LogP contribution in [0.5, 0.6) is 5.75 Å².